The van der Waals surface area contributed by atoms with Crippen molar-refractivity contribution in [1.82, 2.24) is 4.98 Å². The summed E-state index contributed by atoms with van der Waals surface area (Å²) < 4.78 is 0. The van der Waals surface area contributed by atoms with Crippen LogP contribution in [0.5, 0.6) is 0 Å². The van der Waals surface area contributed by atoms with E-state index < -0.39 is 4.92 Å². The first kappa shape index (κ1) is 14.0. The van der Waals surface area contributed by atoms with Crippen LogP contribution in [0.15, 0.2) is 12.3 Å². The lowest BCUT2D eigenvalue weighted by Gasteiger charge is -1.96. The Bertz CT molecular complexity index is 534. The Balaban J connectivity index is 2.68. The maximum atomic E-state index is 10.6. The van der Waals surface area contributed by atoms with Crippen molar-refractivity contribution in [2.75, 3.05) is 11.5 Å². The molecule has 0 bridgehead atoms. The fourth-order valence-corrected chi connectivity index (χ4v) is 1.58. The molecule has 0 aliphatic rings. The van der Waals surface area contributed by atoms with Gasteiger partial charge in [0.25, 0.3) is 0 Å². The van der Waals surface area contributed by atoms with E-state index in [-0.39, 0.29) is 16.6 Å². The SMILES string of the molecule is CC(=O)SCCC#Cc1cnc(N)c([N+](=O)[O-])c1. The van der Waals surface area contributed by atoms with Crippen LogP contribution in [0, 0.1) is 22.0 Å². The van der Waals surface area contributed by atoms with Crippen LogP contribution < -0.4 is 5.73 Å². The summed E-state index contributed by atoms with van der Waals surface area (Å²) in [6, 6.07) is 1.29. The van der Waals surface area contributed by atoms with Crippen LogP contribution in [0.2, 0.25) is 0 Å². The number of anilines is 1. The Morgan fingerprint density at radius 3 is 3.00 bits per heavy atom. The molecule has 0 amide bonds. The molecular weight excluding hydrogens is 254 g/mol. The van der Waals surface area contributed by atoms with Gasteiger partial charge in [0.05, 0.1) is 4.92 Å². The molecule has 0 unspecified atom stereocenters. The lowest BCUT2D eigenvalue weighted by atomic mass is 10.2. The Kier molecular flexibility index (Phi) is 5.14. The topological polar surface area (TPSA) is 99.1 Å². The van der Waals surface area contributed by atoms with E-state index in [1.807, 2.05) is 0 Å². The molecule has 1 aromatic heterocycles. The van der Waals surface area contributed by atoms with E-state index >= 15 is 0 Å². The molecule has 7 heteroatoms. The number of hydrogen-bond acceptors (Lipinski definition) is 6. The molecule has 18 heavy (non-hydrogen) atoms. The highest BCUT2D eigenvalue weighted by molar-refractivity contribution is 8.13. The van der Waals surface area contributed by atoms with E-state index in [1.165, 1.54) is 30.9 Å². The van der Waals surface area contributed by atoms with Gasteiger partial charge in [0, 0.05) is 36.9 Å². The van der Waals surface area contributed by atoms with Crippen LogP contribution in [-0.2, 0) is 4.79 Å². The minimum Gasteiger partial charge on any atom is -0.378 e. The van der Waals surface area contributed by atoms with E-state index in [4.69, 9.17) is 5.73 Å². The lowest BCUT2D eigenvalue weighted by Crippen LogP contribution is -1.98. The molecule has 0 radical (unpaired) electrons. The number of pyridine rings is 1. The Labute approximate surface area is 108 Å². The summed E-state index contributed by atoms with van der Waals surface area (Å²) in [5, 5.41) is 10.7. The summed E-state index contributed by atoms with van der Waals surface area (Å²) >= 11 is 1.19. The van der Waals surface area contributed by atoms with Gasteiger partial charge in [-0.15, -0.1) is 0 Å². The maximum absolute atomic E-state index is 10.6. The van der Waals surface area contributed by atoms with Crippen molar-refractivity contribution in [2.45, 2.75) is 13.3 Å². The van der Waals surface area contributed by atoms with Crippen molar-refractivity contribution in [1.29, 1.82) is 0 Å². The van der Waals surface area contributed by atoms with Crippen LogP contribution in [0.4, 0.5) is 11.5 Å². The Morgan fingerprint density at radius 2 is 2.39 bits per heavy atom. The van der Waals surface area contributed by atoms with Gasteiger partial charge in [0.1, 0.15) is 0 Å². The molecule has 0 atom stereocenters. The number of carbonyl (C=O) groups is 1. The number of hydrogen-bond donors (Lipinski definition) is 1. The fourth-order valence-electron chi connectivity index (χ4n) is 1.09. The van der Waals surface area contributed by atoms with Crippen molar-refractivity contribution < 1.29 is 9.72 Å². The number of aromatic nitrogens is 1. The predicted molar refractivity (Wildman–Crippen MR) is 69.9 cm³/mol. The highest BCUT2D eigenvalue weighted by Crippen LogP contribution is 2.18. The maximum Gasteiger partial charge on any atom is 0.312 e. The lowest BCUT2D eigenvalue weighted by molar-refractivity contribution is -0.384. The molecule has 0 aliphatic carbocycles. The molecule has 0 spiro atoms. The number of nitrogens with zero attached hydrogens (tertiary/aromatic N) is 2. The van der Waals surface area contributed by atoms with Gasteiger partial charge < -0.3 is 5.73 Å². The Hall–Kier alpha value is -2.07. The van der Waals surface area contributed by atoms with E-state index in [0.717, 1.165) is 0 Å². The van der Waals surface area contributed by atoms with Crippen molar-refractivity contribution in [3.05, 3.63) is 27.9 Å². The van der Waals surface area contributed by atoms with Crippen molar-refractivity contribution in [3.8, 4) is 11.8 Å². The minimum atomic E-state index is -0.598. The quantitative estimate of drug-likeness (QED) is 0.385. The summed E-state index contributed by atoms with van der Waals surface area (Å²) in [6.07, 6.45) is 1.91. The molecule has 0 aliphatic heterocycles. The van der Waals surface area contributed by atoms with Crippen LogP contribution >= 0.6 is 11.8 Å². The number of nitro groups is 1. The first-order chi connectivity index (χ1) is 8.50. The first-order valence-corrected chi connectivity index (χ1v) is 6.01. The largest absolute Gasteiger partial charge is 0.378 e. The number of carbonyl (C=O) groups excluding carboxylic acids is 1. The van der Waals surface area contributed by atoms with Crippen LogP contribution in [0.25, 0.3) is 0 Å². The summed E-state index contributed by atoms with van der Waals surface area (Å²) in [5.74, 6) is 6.04. The number of nitrogen functional groups attached to an aromatic ring is 1. The number of nitrogens with two attached hydrogens (primary N) is 1. The third-order valence-corrected chi connectivity index (χ3v) is 2.67. The third kappa shape index (κ3) is 4.43. The monoisotopic (exact) mass is 265 g/mol. The number of rotatable bonds is 3. The van der Waals surface area contributed by atoms with Gasteiger partial charge in [-0.25, -0.2) is 4.98 Å². The van der Waals surface area contributed by atoms with Gasteiger partial charge >= 0.3 is 5.69 Å². The summed E-state index contributed by atoms with van der Waals surface area (Å²) in [5.41, 5.74) is 5.54. The molecule has 2 N–H and O–H groups in total. The first-order valence-electron chi connectivity index (χ1n) is 5.03. The molecule has 94 valence electrons. The second-order valence-electron chi connectivity index (χ2n) is 3.28. The third-order valence-electron chi connectivity index (χ3n) is 1.86. The molecule has 0 aromatic carbocycles. The second-order valence-corrected chi connectivity index (χ2v) is 4.55. The predicted octanol–water partition coefficient (Wildman–Crippen LogP) is 1.59. The second kappa shape index (κ2) is 6.61. The summed E-state index contributed by atoms with van der Waals surface area (Å²) in [7, 11) is 0. The molecule has 1 rings (SSSR count). The summed E-state index contributed by atoms with van der Waals surface area (Å²) in [6.45, 7) is 1.49. The highest BCUT2D eigenvalue weighted by Gasteiger charge is 2.12. The van der Waals surface area contributed by atoms with Crippen LogP contribution in [-0.4, -0.2) is 20.8 Å². The fraction of sp³-hybridized carbons (Fsp3) is 0.273. The van der Waals surface area contributed by atoms with Crippen LogP contribution in [0.1, 0.15) is 18.9 Å². The molecule has 6 nitrogen and oxygen atoms in total. The average Bonchev–Trinajstić information content (AvgIpc) is 2.30. The Morgan fingerprint density at radius 1 is 1.67 bits per heavy atom. The van der Waals surface area contributed by atoms with Gasteiger partial charge in [-0.1, -0.05) is 23.6 Å². The van der Waals surface area contributed by atoms with Gasteiger partial charge in [0.2, 0.25) is 5.82 Å². The zero-order chi connectivity index (χ0) is 13.5. The van der Waals surface area contributed by atoms with Crippen LogP contribution in [0.3, 0.4) is 0 Å². The smallest absolute Gasteiger partial charge is 0.312 e. The van der Waals surface area contributed by atoms with Crippen molar-refractivity contribution >= 4 is 28.4 Å². The normalized spacial score (nSPS) is 9.39. The highest BCUT2D eigenvalue weighted by atomic mass is 32.2. The standard InChI is InChI=1S/C11H11N3O3S/c1-8(15)18-5-3-2-4-9-6-10(14(16)17)11(12)13-7-9/h6-7H,3,5H2,1H3,(H2,12,13). The number of thioether (sulfide) groups is 1. The summed E-state index contributed by atoms with van der Waals surface area (Å²) in [4.78, 5) is 24.4. The molecule has 1 aromatic rings. The molecule has 1 heterocycles. The molecular formula is C11H11N3O3S. The van der Waals surface area contributed by atoms with E-state index in [0.29, 0.717) is 17.7 Å². The molecule has 0 saturated heterocycles. The van der Waals surface area contributed by atoms with Crippen molar-refractivity contribution in [2.24, 2.45) is 0 Å². The van der Waals surface area contributed by atoms with E-state index in [2.05, 4.69) is 16.8 Å². The van der Waals surface area contributed by atoms with Gasteiger partial charge in [0.15, 0.2) is 5.12 Å². The van der Waals surface area contributed by atoms with Gasteiger partial charge in [-0.05, 0) is 0 Å². The zero-order valence-electron chi connectivity index (χ0n) is 9.67. The van der Waals surface area contributed by atoms with E-state index in [9.17, 15) is 14.9 Å². The van der Waals surface area contributed by atoms with Gasteiger partial charge in [-0.3, -0.25) is 14.9 Å². The molecule has 0 fully saturated rings. The van der Waals surface area contributed by atoms with E-state index in [1.54, 1.807) is 0 Å². The van der Waals surface area contributed by atoms with Crippen molar-refractivity contribution in [3.63, 3.8) is 0 Å². The minimum absolute atomic E-state index is 0.0431. The van der Waals surface area contributed by atoms with Gasteiger partial charge in [-0.2, -0.15) is 0 Å². The average molecular weight is 265 g/mol. The zero-order valence-corrected chi connectivity index (χ0v) is 10.5. The molecule has 0 saturated carbocycles.